The lowest BCUT2D eigenvalue weighted by molar-refractivity contribution is -0.142. The summed E-state index contributed by atoms with van der Waals surface area (Å²) in [6, 6.07) is 0.494. The van der Waals surface area contributed by atoms with Crippen molar-refractivity contribution in [1.29, 1.82) is 0 Å². The smallest absolute Gasteiger partial charge is 0.251 e. The molecule has 0 aromatic heterocycles. The molecule has 2 aliphatic heterocycles. The van der Waals surface area contributed by atoms with Gasteiger partial charge in [0.1, 0.15) is 6.10 Å². The third-order valence-electron chi connectivity index (χ3n) is 5.38. The highest BCUT2D eigenvalue weighted by Gasteiger charge is 2.39. The van der Waals surface area contributed by atoms with E-state index in [-0.39, 0.29) is 12.0 Å². The second kappa shape index (κ2) is 7.28. The molecule has 0 radical (unpaired) electrons. The summed E-state index contributed by atoms with van der Waals surface area (Å²) < 4.78 is 11.2. The van der Waals surface area contributed by atoms with Crippen molar-refractivity contribution in [2.45, 2.75) is 45.3 Å². The molecular weight excluding hydrogens is 280 g/mol. The highest BCUT2D eigenvalue weighted by molar-refractivity contribution is 5.81. The first kappa shape index (κ1) is 16.2. The molecule has 0 spiro atoms. The Bertz CT molecular complexity index is 380. The summed E-state index contributed by atoms with van der Waals surface area (Å²) in [4.78, 5) is 17.2. The Kier molecular flexibility index (Phi) is 5.37. The Hall–Kier alpha value is -0.650. The van der Waals surface area contributed by atoms with Crippen molar-refractivity contribution >= 4 is 5.91 Å². The lowest BCUT2D eigenvalue weighted by Gasteiger charge is -2.34. The van der Waals surface area contributed by atoms with E-state index in [1.54, 1.807) is 0 Å². The molecule has 0 aromatic rings. The van der Waals surface area contributed by atoms with Crippen LogP contribution < -0.4 is 0 Å². The summed E-state index contributed by atoms with van der Waals surface area (Å²) in [5, 5.41) is 0. The molecule has 5 heteroatoms. The number of hydrogen-bond donors (Lipinski definition) is 0. The number of amides is 1. The molecule has 3 fully saturated rings. The van der Waals surface area contributed by atoms with Gasteiger partial charge in [0, 0.05) is 32.2 Å². The molecule has 1 saturated carbocycles. The van der Waals surface area contributed by atoms with Crippen LogP contribution in [0.3, 0.4) is 0 Å². The van der Waals surface area contributed by atoms with Gasteiger partial charge in [-0.05, 0) is 31.6 Å². The van der Waals surface area contributed by atoms with Crippen LogP contribution in [0.2, 0.25) is 0 Å². The minimum absolute atomic E-state index is 0.176. The average Bonchev–Trinajstić information content (AvgIpc) is 3.29. The summed E-state index contributed by atoms with van der Waals surface area (Å²) in [5.41, 5.74) is 0. The third kappa shape index (κ3) is 3.81. The van der Waals surface area contributed by atoms with Gasteiger partial charge < -0.3 is 14.4 Å². The molecule has 0 aromatic carbocycles. The van der Waals surface area contributed by atoms with Crippen LogP contribution in [-0.4, -0.2) is 73.9 Å². The average molecular weight is 310 g/mol. The normalized spacial score (nSPS) is 31.5. The van der Waals surface area contributed by atoms with Crippen LogP contribution in [0.1, 0.15) is 33.1 Å². The van der Waals surface area contributed by atoms with E-state index in [1.807, 2.05) is 11.8 Å². The minimum atomic E-state index is -0.290. The number of hydrogen-bond acceptors (Lipinski definition) is 4. The lowest BCUT2D eigenvalue weighted by atomic mass is 9.99. The third-order valence-corrected chi connectivity index (χ3v) is 5.38. The van der Waals surface area contributed by atoms with Crippen molar-refractivity contribution in [2.24, 2.45) is 11.8 Å². The maximum absolute atomic E-state index is 12.6. The van der Waals surface area contributed by atoms with Gasteiger partial charge in [-0.3, -0.25) is 9.69 Å². The van der Waals surface area contributed by atoms with Crippen LogP contribution in [0.15, 0.2) is 0 Å². The summed E-state index contributed by atoms with van der Waals surface area (Å²) in [6.07, 6.45) is 3.37. The van der Waals surface area contributed by atoms with Crippen molar-refractivity contribution in [1.82, 2.24) is 9.80 Å². The van der Waals surface area contributed by atoms with E-state index in [0.29, 0.717) is 17.9 Å². The van der Waals surface area contributed by atoms with Crippen LogP contribution in [0.25, 0.3) is 0 Å². The number of carbonyl (C=O) groups excluding carboxylic acids is 1. The first-order chi connectivity index (χ1) is 10.7. The molecule has 3 atom stereocenters. The zero-order valence-electron chi connectivity index (χ0n) is 14.0. The van der Waals surface area contributed by atoms with Gasteiger partial charge in [0.2, 0.25) is 0 Å². The lowest BCUT2D eigenvalue weighted by Crippen LogP contribution is -2.47. The summed E-state index contributed by atoms with van der Waals surface area (Å²) in [5.74, 6) is 1.46. The maximum Gasteiger partial charge on any atom is 0.251 e. The fraction of sp³-hybridized carbons (Fsp3) is 0.941. The molecule has 1 aliphatic carbocycles. The van der Waals surface area contributed by atoms with Gasteiger partial charge in [-0.2, -0.15) is 0 Å². The predicted molar refractivity (Wildman–Crippen MR) is 84.7 cm³/mol. The molecule has 2 saturated heterocycles. The SMILES string of the molecule is CCC1CN(C(=O)C(C)OCC2CC2)CC1N1CCOCC1. The molecule has 3 rings (SSSR count). The predicted octanol–water partition coefficient (Wildman–Crippen LogP) is 1.37. The largest absolute Gasteiger partial charge is 0.379 e. The molecule has 3 unspecified atom stereocenters. The van der Waals surface area contributed by atoms with Gasteiger partial charge in [-0.25, -0.2) is 0 Å². The van der Waals surface area contributed by atoms with E-state index in [2.05, 4.69) is 11.8 Å². The topological polar surface area (TPSA) is 42.0 Å². The van der Waals surface area contributed by atoms with Crippen molar-refractivity contribution in [3.8, 4) is 0 Å². The quantitative estimate of drug-likeness (QED) is 0.743. The Labute approximate surface area is 133 Å². The first-order valence-electron chi connectivity index (χ1n) is 8.91. The monoisotopic (exact) mass is 310 g/mol. The van der Waals surface area contributed by atoms with Gasteiger partial charge in [0.05, 0.1) is 19.8 Å². The van der Waals surface area contributed by atoms with E-state index >= 15 is 0 Å². The zero-order valence-corrected chi connectivity index (χ0v) is 14.0. The van der Waals surface area contributed by atoms with Crippen molar-refractivity contribution in [3.05, 3.63) is 0 Å². The van der Waals surface area contributed by atoms with Crippen LogP contribution in [0.4, 0.5) is 0 Å². The van der Waals surface area contributed by atoms with Crippen LogP contribution in [0.5, 0.6) is 0 Å². The number of rotatable bonds is 6. The molecule has 22 heavy (non-hydrogen) atoms. The van der Waals surface area contributed by atoms with Crippen molar-refractivity contribution in [3.63, 3.8) is 0 Å². The Morgan fingerprint density at radius 3 is 2.64 bits per heavy atom. The molecule has 5 nitrogen and oxygen atoms in total. The summed E-state index contributed by atoms with van der Waals surface area (Å²) in [7, 11) is 0. The Morgan fingerprint density at radius 2 is 2.00 bits per heavy atom. The van der Waals surface area contributed by atoms with Gasteiger partial charge in [0.25, 0.3) is 5.91 Å². The zero-order chi connectivity index (χ0) is 15.5. The summed E-state index contributed by atoms with van der Waals surface area (Å²) in [6.45, 7) is 10.3. The van der Waals surface area contributed by atoms with Crippen LogP contribution >= 0.6 is 0 Å². The molecule has 1 amide bonds. The number of likely N-dealkylation sites (tertiary alicyclic amines) is 1. The fourth-order valence-corrected chi connectivity index (χ4v) is 3.65. The van der Waals surface area contributed by atoms with E-state index < -0.39 is 0 Å². The second-order valence-corrected chi connectivity index (χ2v) is 7.05. The van der Waals surface area contributed by atoms with Gasteiger partial charge in [-0.15, -0.1) is 0 Å². The van der Waals surface area contributed by atoms with Crippen LogP contribution in [0, 0.1) is 11.8 Å². The maximum atomic E-state index is 12.6. The minimum Gasteiger partial charge on any atom is -0.379 e. The second-order valence-electron chi connectivity index (χ2n) is 7.05. The molecule has 3 aliphatic rings. The highest BCUT2D eigenvalue weighted by atomic mass is 16.5. The van der Waals surface area contributed by atoms with Crippen LogP contribution in [-0.2, 0) is 14.3 Å². The molecule has 2 heterocycles. The summed E-state index contributed by atoms with van der Waals surface area (Å²) >= 11 is 0. The van der Waals surface area contributed by atoms with Gasteiger partial charge >= 0.3 is 0 Å². The molecular formula is C17H30N2O3. The number of nitrogens with zero attached hydrogens (tertiary/aromatic N) is 2. The van der Waals surface area contributed by atoms with Gasteiger partial charge in [0.15, 0.2) is 0 Å². The number of carbonyl (C=O) groups is 1. The molecule has 0 bridgehead atoms. The van der Waals surface area contributed by atoms with Crippen molar-refractivity contribution in [2.75, 3.05) is 46.0 Å². The first-order valence-corrected chi connectivity index (χ1v) is 8.91. The number of morpholine rings is 1. The number of ether oxygens (including phenoxy) is 2. The van der Waals surface area contributed by atoms with E-state index in [0.717, 1.165) is 52.4 Å². The fourth-order valence-electron chi connectivity index (χ4n) is 3.65. The van der Waals surface area contributed by atoms with Gasteiger partial charge in [-0.1, -0.05) is 13.3 Å². The molecule has 0 N–H and O–H groups in total. The van der Waals surface area contributed by atoms with Crippen molar-refractivity contribution < 1.29 is 14.3 Å². The standard InChI is InChI=1S/C17H30N2O3/c1-3-15-10-19(11-16(15)18-6-8-21-9-7-18)17(20)13(2)22-12-14-4-5-14/h13-16H,3-12H2,1-2H3. The Morgan fingerprint density at radius 1 is 1.27 bits per heavy atom. The van der Waals surface area contributed by atoms with E-state index in [1.165, 1.54) is 12.8 Å². The van der Waals surface area contributed by atoms with E-state index in [9.17, 15) is 4.79 Å². The molecule has 126 valence electrons. The Balaban J connectivity index is 1.53. The van der Waals surface area contributed by atoms with E-state index in [4.69, 9.17) is 9.47 Å². The highest BCUT2D eigenvalue weighted by Crippen LogP contribution is 2.30.